The van der Waals surface area contributed by atoms with Gasteiger partial charge in [0.15, 0.2) is 0 Å². The Balaban J connectivity index is 1.83. The van der Waals surface area contributed by atoms with Crippen molar-refractivity contribution in [3.63, 3.8) is 0 Å². The Morgan fingerprint density at radius 3 is 2.76 bits per heavy atom. The van der Waals surface area contributed by atoms with Crippen LogP contribution in [-0.4, -0.2) is 9.97 Å². The fourth-order valence-corrected chi connectivity index (χ4v) is 4.27. The molecule has 8 heteroatoms. The molecule has 2 N–H and O–H groups in total. The van der Waals surface area contributed by atoms with Crippen molar-refractivity contribution >= 4 is 56.4 Å². The third-order valence-corrected chi connectivity index (χ3v) is 5.82. The van der Waals surface area contributed by atoms with Crippen LogP contribution in [0.5, 0.6) is 0 Å². The number of halogens is 2. The molecule has 3 aromatic rings. The molecule has 0 radical (unpaired) electrons. The lowest BCUT2D eigenvalue weighted by Crippen LogP contribution is -2.29. The van der Waals surface area contributed by atoms with Gasteiger partial charge in [-0.15, -0.1) is 23.1 Å². The number of H-pyrrole nitrogens is 2. The first-order valence-corrected chi connectivity index (χ1v) is 8.41. The first kappa shape index (κ1) is 14.7. The van der Waals surface area contributed by atoms with Crippen LogP contribution < -0.4 is 11.1 Å². The smallest absolute Gasteiger partial charge is 0.313 e. The lowest BCUT2D eigenvalue weighted by molar-refractivity contribution is 1.01. The normalized spacial score (nSPS) is 11.1. The van der Waals surface area contributed by atoms with Crippen molar-refractivity contribution < 1.29 is 0 Å². The van der Waals surface area contributed by atoms with E-state index in [1.807, 2.05) is 18.2 Å². The van der Waals surface area contributed by atoms with Gasteiger partial charge in [0.2, 0.25) is 0 Å². The number of nitrogens with one attached hydrogen (secondary N) is 2. The molecule has 0 bridgehead atoms. The van der Waals surface area contributed by atoms with Gasteiger partial charge < -0.3 is 9.97 Å². The Morgan fingerprint density at radius 2 is 2.00 bits per heavy atom. The quantitative estimate of drug-likeness (QED) is 0.551. The van der Waals surface area contributed by atoms with Crippen LogP contribution in [0.2, 0.25) is 9.36 Å². The van der Waals surface area contributed by atoms with Gasteiger partial charge in [0.1, 0.15) is 4.34 Å². The SMILES string of the molecule is O=c1[nH]cc(CSc2ccc3c(Cl)c(Cl)sc3c2)[nH]c1=O. The Labute approximate surface area is 137 Å². The molecule has 108 valence electrons. The molecule has 0 atom stereocenters. The van der Waals surface area contributed by atoms with Gasteiger partial charge in [-0.3, -0.25) is 9.59 Å². The van der Waals surface area contributed by atoms with E-state index in [-0.39, 0.29) is 0 Å². The predicted octanol–water partition coefficient (Wildman–Crippen LogP) is 3.88. The molecule has 0 aliphatic rings. The molecule has 21 heavy (non-hydrogen) atoms. The maximum Gasteiger partial charge on any atom is 0.313 e. The van der Waals surface area contributed by atoms with Crippen molar-refractivity contribution in [3.05, 3.63) is 60.2 Å². The molecule has 0 saturated carbocycles. The Kier molecular flexibility index (Phi) is 4.12. The van der Waals surface area contributed by atoms with Crippen LogP contribution in [-0.2, 0) is 5.75 Å². The molecule has 0 aliphatic heterocycles. The summed E-state index contributed by atoms with van der Waals surface area (Å²) >= 11 is 15.1. The van der Waals surface area contributed by atoms with Crippen molar-refractivity contribution in [1.82, 2.24) is 9.97 Å². The fourth-order valence-electron chi connectivity index (χ4n) is 1.80. The molecular weight excluding hydrogens is 351 g/mol. The zero-order valence-electron chi connectivity index (χ0n) is 10.4. The topological polar surface area (TPSA) is 65.7 Å². The van der Waals surface area contributed by atoms with E-state index in [0.717, 1.165) is 15.0 Å². The second-order valence-electron chi connectivity index (χ2n) is 4.23. The summed E-state index contributed by atoms with van der Waals surface area (Å²) in [7, 11) is 0. The van der Waals surface area contributed by atoms with Crippen LogP contribution in [0.25, 0.3) is 10.1 Å². The molecule has 2 aromatic heterocycles. The molecule has 0 unspecified atom stereocenters. The number of thioether (sulfide) groups is 1. The number of fused-ring (bicyclic) bond motifs is 1. The van der Waals surface area contributed by atoms with E-state index >= 15 is 0 Å². The lowest BCUT2D eigenvalue weighted by atomic mass is 10.3. The summed E-state index contributed by atoms with van der Waals surface area (Å²) in [6.07, 6.45) is 1.51. The second kappa shape index (κ2) is 5.88. The monoisotopic (exact) mass is 358 g/mol. The average molecular weight is 359 g/mol. The fraction of sp³-hybridized carbons (Fsp3) is 0.0769. The third kappa shape index (κ3) is 3.03. The van der Waals surface area contributed by atoms with Crippen LogP contribution in [0.1, 0.15) is 5.69 Å². The summed E-state index contributed by atoms with van der Waals surface area (Å²) in [5.41, 5.74) is -0.625. The minimum Gasteiger partial charge on any atom is -0.323 e. The highest BCUT2D eigenvalue weighted by Crippen LogP contribution is 2.40. The number of rotatable bonds is 3. The van der Waals surface area contributed by atoms with Crippen molar-refractivity contribution in [2.45, 2.75) is 10.6 Å². The van der Waals surface area contributed by atoms with Gasteiger partial charge >= 0.3 is 11.1 Å². The van der Waals surface area contributed by atoms with Gasteiger partial charge in [-0.2, -0.15) is 0 Å². The minimum atomic E-state index is -0.645. The number of hydrogen-bond donors (Lipinski definition) is 2. The van der Waals surface area contributed by atoms with E-state index in [2.05, 4.69) is 9.97 Å². The van der Waals surface area contributed by atoms with Crippen molar-refractivity contribution in [2.24, 2.45) is 0 Å². The third-order valence-electron chi connectivity index (χ3n) is 2.81. The van der Waals surface area contributed by atoms with Gasteiger partial charge in [-0.25, -0.2) is 0 Å². The molecule has 4 nitrogen and oxygen atoms in total. The van der Waals surface area contributed by atoms with Gasteiger partial charge in [-0.05, 0) is 12.1 Å². The standard InChI is InChI=1S/C13H8Cl2N2O2S2/c14-10-8-2-1-7(3-9(8)21-11(10)15)20-5-6-4-16-12(18)13(19)17-6/h1-4H,5H2,(H,16,18)(H,17,19). The van der Waals surface area contributed by atoms with Gasteiger partial charge in [0, 0.05) is 32.6 Å². The molecule has 0 saturated heterocycles. The number of benzene rings is 1. The van der Waals surface area contributed by atoms with Crippen molar-refractivity contribution in [2.75, 3.05) is 0 Å². The van der Waals surface area contributed by atoms with E-state index in [1.165, 1.54) is 17.5 Å². The predicted molar refractivity (Wildman–Crippen MR) is 89.1 cm³/mol. The Morgan fingerprint density at radius 1 is 1.19 bits per heavy atom. The maximum absolute atomic E-state index is 11.2. The van der Waals surface area contributed by atoms with E-state index in [0.29, 0.717) is 20.8 Å². The van der Waals surface area contributed by atoms with Gasteiger partial charge in [0.25, 0.3) is 0 Å². The lowest BCUT2D eigenvalue weighted by Gasteiger charge is -2.02. The Hall–Kier alpha value is -1.21. The summed E-state index contributed by atoms with van der Waals surface area (Å²) in [4.78, 5) is 28.2. The number of hydrogen-bond acceptors (Lipinski definition) is 4. The zero-order chi connectivity index (χ0) is 15.0. The first-order chi connectivity index (χ1) is 10.0. The minimum absolute atomic E-state index is 0.546. The summed E-state index contributed by atoms with van der Waals surface area (Å²) in [5, 5.41) is 1.52. The van der Waals surface area contributed by atoms with Gasteiger partial charge in [0.05, 0.1) is 5.02 Å². The molecule has 0 fully saturated rings. The molecule has 3 rings (SSSR count). The number of aromatic amines is 2. The van der Waals surface area contributed by atoms with Crippen LogP contribution in [0, 0.1) is 0 Å². The molecule has 2 heterocycles. The van der Waals surface area contributed by atoms with E-state index in [4.69, 9.17) is 23.2 Å². The summed E-state index contributed by atoms with van der Waals surface area (Å²) in [6.45, 7) is 0. The zero-order valence-corrected chi connectivity index (χ0v) is 13.6. The molecule has 1 aromatic carbocycles. The van der Waals surface area contributed by atoms with Crippen molar-refractivity contribution in [1.29, 1.82) is 0 Å². The number of aromatic nitrogens is 2. The van der Waals surface area contributed by atoms with Gasteiger partial charge in [-0.1, -0.05) is 29.3 Å². The van der Waals surface area contributed by atoms with Crippen LogP contribution >= 0.6 is 46.3 Å². The molecule has 0 amide bonds. The van der Waals surface area contributed by atoms with E-state index in [9.17, 15) is 9.59 Å². The molecule has 0 spiro atoms. The van der Waals surface area contributed by atoms with Crippen LogP contribution in [0.4, 0.5) is 0 Å². The van der Waals surface area contributed by atoms with E-state index < -0.39 is 11.1 Å². The summed E-state index contributed by atoms with van der Waals surface area (Å²) in [6, 6.07) is 5.88. The average Bonchev–Trinajstić information content (AvgIpc) is 2.75. The second-order valence-corrected chi connectivity index (χ2v) is 7.31. The Bertz CT molecular complexity index is 930. The van der Waals surface area contributed by atoms with Crippen LogP contribution in [0.3, 0.4) is 0 Å². The summed E-state index contributed by atoms with van der Waals surface area (Å²) in [5.74, 6) is 0.546. The van der Waals surface area contributed by atoms with Crippen molar-refractivity contribution in [3.8, 4) is 0 Å². The van der Waals surface area contributed by atoms with E-state index in [1.54, 1.807) is 11.8 Å². The maximum atomic E-state index is 11.2. The molecular formula is C13H8Cl2N2O2S2. The van der Waals surface area contributed by atoms with Crippen LogP contribution in [0.15, 0.2) is 38.9 Å². The highest BCUT2D eigenvalue weighted by molar-refractivity contribution is 7.98. The highest BCUT2D eigenvalue weighted by Gasteiger charge is 2.09. The number of thiophene rings is 1. The molecule has 0 aliphatic carbocycles. The summed E-state index contributed by atoms with van der Waals surface area (Å²) < 4.78 is 1.60. The largest absolute Gasteiger partial charge is 0.323 e. The first-order valence-electron chi connectivity index (χ1n) is 5.86. The highest BCUT2D eigenvalue weighted by atomic mass is 35.5.